The van der Waals surface area contributed by atoms with E-state index in [1.807, 2.05) is 13.8 Å². The minimum absolute atomic E-state index is 0.0340. The molecule has 102 valence electrons. The molecule has 1 atom stereocenters. The molecule has 0 saturated heterocycles. The number of pyridine rings is 1. The fraction of sp³-hybridized carbons (Fsp3) is 0.444. The van der Waals surface area contributed by atoms with Crippen molar-refractivity contribution in [1.29, 1.82) is 0 Å². The summed E-state index contributed by atoms with van der Waals surface area (Å²) in [6, 6.07) is 1.23. The van der Waals surface area contributed by atoms with Gasteiger partial charge in [0.2, 0.25) is 11.8 Å². The summed E-state index contributed by atoms with van der Waals surface area (Å²) in [5, 5.41) is 2.83. The van der Waals surface area contributed by atoms with Crippen molar-refractivity contribution >= 4 is 41.7 Å². The average molecular weight is 333 g/mol. The third-order valence-electron chi connectivity index (χ3n) is 1.72. The van der Waals surface area contributed by atoms with E-state index in [0.29, 0.717) is 0 Å². The molecule has 4 nitrogen and oxygen atoms in total. The predicted molar refractivity (Wildman–Crippen MR) is 74.4 cm³/mol. The van der Waals surface area contributed by atoms with Gasteiger partial charge in [-0.05, 0) is 31.7 Å². The van der Waals surface area contributed by atoms with Crippen LogP contribution >= 0.6 is 29.8 Å². The molecule has 9 heteroatoms. The Labute approximate surface area is 120 Å². The quantitative estimate of drug-likeness (QED) is 0.656. The molecule has 1 N–H and O–H groups in total. The second kappa shape index (κ2) is 6.46. The van der Waals surface area contributed by atoms with E-state index in [1.165, 1.54) is 13.2 Å². The van der Waals surface area contributed by atoms with Crippen LogP contribution in [0, 0.1) is 5.95 Å². The van der Waals surface area contributed by atoms with Gasteiger partial charge in [0.15, 0.2) is 0 Å². The Balaban J connectivity index is 3.02. The minimum atomic E-state index is -2.81. The summed E-state index contributed by atoms with van der Waals surface area (Å²) in [4.78, 5) is 3.50. The van der Waals surface area contributed by atoms with Gasteiger partial charge in [-0.1, -0.05) is 23.2 Å². The van der Waals surface area contributed by atoms with Crippen LogP contribution in [0.5, 0.6) is 5.88 Å². The molecular formula is C9H12Cl2FN2O2PS. The number of hydrogen-bond donors (Lipinski definition) is 1. The van der Waals surface area contributed by atoms with E-state index in [1.54, 1.807) is 0 Å². The summed E-state index contributed by atoms with van der Waals surface area (Å²) in [5.74, 6) is -1.02. The topological polar surface area (TPSA) is 43.4 Å². The van der Waals surface area contributed by atoms with Gasteiger partial charge in [0.25, 0.3) is 0 Å². The van der Waals surface area contributed by atoms with Gasteiger partial charge < -0.3 is 9.05 Å². The highest BCUT2D eigenvalue weighted by molar-refractivity contribution is 8.09. The van der Waals surface area contributed by atoms with Crippen molar-refractivity contribution < 1.29 is 13.4 Å². The average Bonchev–Trinajstić information content (AvgIpc) is 2.25. The normalized spacial score (nSPS) is 14.6. The number of aromatic nitrogens is 1. The van der Waals surface area contributed by atoms with Gasteiger partial charge in [-0.3, -0.25) is 0 Å². The maximum Gasteiger partial charge on any atom is 0.314 e. The zero-order valence-corrected chi connectivity index (χ0v) is 13.1. The van der Waals surface area contributed by atoms with Crippen molar-refractivity contribution in [3.05, 3.63) is 22.1 Å². The molecule has 1 unspecified atom stereocenters. The van der Waals surface area contributed by atoms with Crippen LogP contribution in [0.1, 0.15) is 13.8 Å². The van der Waals surface area contributed by atoms with E-state index in [9.17, 15) is 4.39 Å². The lowest BCUT2D eigenvalue weighted by Crippen LogP contribution is -2.23. The van der Waals surface area contributed by atoms with Crippen LogP contribution in [0.2, 0.25) is 10.0 Å². The summed E-state index contributed by atoms with van der Waals surface area (Å²) >= 11 is 16.6. The number of nitrogens with zero attached hydrogens (tertiary/aromatic N) is 1. The molecule has 1 rings (SSSR count). The monoisotopic (exact) mass is 332 g/mol. The van der Waals surface area contributed by atoms with Crippen LogP contribution in [0.15, 0.2) is 6.07 Å². The maximum atomic E-state index is 13.2. The first-order valence-corrected chi connectivity index (χ1v) is 8.31. The Hall–Kier alpha value is 0.0300. The Morgan fingerprint density at radius 1 is 1.44 bits per heavy atom. The first kappa shape index (κ1) is 16.1. The standard InChI is InChI=1S/C9H12Cl2FN2O2PS/c1-5(2)14-17(18,15-3)16-9-7(11)4-6(10)8(12)13-9/h4-5H,1-3H3,(H,14,18). The summed E-state index contributed by atoms with van der Waals surface area (Å²) in [6.07, 6.45) is 0. The first-order chi connectivity index (χ1) is 8.27. The molecule has 1 aromatic heterocycles. The van der Waals surface area contributed by atoms with Gasteiger partial charge in [0.05, 0.1) is 5.02 Å². The predicted octanol–water partition coefficient (Wildman–Crippen LogP) is 3.78. The zero-order chi connectivity index (χ0) is 13.9. The van der Waals surface area contributed by atoms with Gasteiger partial charge in [-0.2, -0.15) is 9.37 Å². The summed E-state index contributed by atoms with van der Waals surface area (Å²) in [7, 11) is 1.40. The molecule has 0 fully saturated rings. The number of hydrogen-bond acceptors (Lipinski definition) is 4. The molecule has 0 aliphatic carbocycles. The van der Waals surface area contributed by atoms with E-state index in [-0.39, 0.29) is 22.0 Å². The van der Waals surface area contributed by atoms with Gasteiger partial charge in [0, 0.05) is 13.2 Å². The molecule has 0 aliphatic rings. The molecule has 0 saturated carbocycles. The Bertz CT molecular complexity index is 490. The highest BCUT2D eigenvalue weighted by Gasteiger charge is 2.23. The number of rotatable bonds is 5. The number of halogens is 3. The molecular weight excluding hydrogens is 321 g/mol. The molecule has 0 bridgehead atoms. The van der Waals surface area contributed by atoms with Crippen LogP contribution in [0.25, 0.3) is 0 Å². The third-order valence-corrected chi connectivity index (χ3v) is 4.97. The van der Waals surface area contributed by atoms with Crippen molar-refractivity contribution in [2.75, 3.05) is 7.11 Å². The second-order valence-electron chi connectivity index (χ2n) is 3.60. The molecule has 18 heavy (non-hydrogen) atoms. The van der Waals surface area contributed by atoms with Crippen LogP contribution in [0.3, 0.4) is 0 Å². The molecule has 0 aromatic carbocycles. The van der Waals surface area contributed by atoms with Crippen molar-refractivity contribution in [1.82, 2.24) is 10.1 Å². The molecule has 1 heterocycles. The third kappa shape index (κ3) is 4.30. The lowest BCUT2D eigenvalue weighted by molar-refractivity contribution is 0.368. The SMILES string of the molecule is COP(=S)(NC(C)C)Oc1nc(F)c(Cl)cc1Cl. The summed E-state index contributed by atoms with van der Waals surface area (Å²) in [6.45, 7) is 0.938. The molecule has 0 aliphatic heterocycles. The van der Waals surface area contributed by atoms with Gasteiger partial charge >= 0.3 is 6.64 Å². The smallest absolute Gasteiger partial charge is 0.314 e. The fourth-order valence-corrected chi connectivity index (χ4v) is 3.57. The van der Waals surface area contributed by atoms with Crippen LogP contribution in [0.4, 0.5) is 4.39 Å². The Kier molecular flexibility index (Phi) is 5.77. The Morgan fingerprint density at radius 2 is 2.06 bits per heavy atom. The van der Waals surface area contributed by atoms with Gasteiger partial charge in [0.1, 0.15) is 5.02 Å². The molecule has 0 amide bonds. The number of nitrogens with one attached hydrogen (secondary N) is 1. The van der Waals surface area contributed by atoms with Crippen LogP contribution in [-0.2, 0) is 16.3 Å². The van der Waals surface area contributed by atoms with E-state index in [2.05, 4.69) is 10.1 Å². The van der Waals surface area contributed by atoms with Crippen LogP contribution < -0.4 is 9.61 Å². The highest BCUT2D eigenvalue weighted by Crippen LogP contribution is 2.45. The second-order valence-corrected chi connectivity index (χ2v) is 7.66. The lowest BCUT2D eigenvalue weighted by atomic mass is 10.4. The van der Waals surface area contributed by atoms with E-state index in [4.69, 9.17) is 44.1 Å². The zero-order valence-electron chi connectivity index (χ0n) is 9.91. The Morgan fingerprint density at radius 3 is 2.56 bits per heavy atom. The summed E-state index contributed by atoms with van der Waals surface area (Å²) < 4.78 is 23.7. The fourth-order valence-electron chi connectivity index (χ4n) is 1.04. The van der Waals surface area contributed by atoms with Gasteiger partial charge in [-0.15, -0.1) is 0 Å². The largest absolute Gasteiger partial charge is 0.413 e. The minimum Gasteiger partial charge on any atom is -0.413 e. The van der Waals surface area contributed by atoms with Crippen molar-refractivity contribution in [2.24, 2.45) is 0 Å². The molecule has 0 spiro atoms. The van der Waals surface area contributed by atoms with E-state index >= 15 is 0 Å². The first-order valence-electron chi connectivity index (χ1n) is 4.92. The molecule has 1 aromatic rings. The van der Waals surface area contributed by atoms with Crippen molar-refractivity contribution in [3.63, 3.8) is 0 Å². The molecule has 0 radical (unpaired) electrons. The van der Waals surface area contributed by atoms with Crippen molar-refractivity contribution in [2.45, 2.75) is 19.9 Å². The van der Waals surface area contributed by atoms with Crippen LogP contribution in [-0.4, -0.2) is 18.1 Å². The lowest BCUT2D eigenvalue weighted by Gasteiger charge is -2.23. The van der Waals surface area contributed by atoms with Gasteiger partial charge in [-0.25, -0.2) is 5.09 Å². The maximum absolute atomic E-state index is 13.2. The van der Waals surface area contributed by atoms with Crippen molar-refractivity contribution in [3.8, 4) is 5.88 Å². The highest BCUT2D eigenvalue weighted by atomic mass is 35.5. The van der Waals surface area contributed by atoms with E-state index < -0.39 is 12.6 Å². The summed E-state index contributed by atoms with van der Waals surface area (Å²) in [5.41, 5.74) is 0. The van der Waals surface area contributed by atoms with E-state index in [0.717, 1.165) is 0 Å².